The number of nitrogens with zero attached hydrogens (tertiary/aromatic N) is 2. The molecule has 1 aliphatic rings. The largest absolute Gasteiger partial charge is 0.484 e. The Morgan fingerprint density at radius 1 is 1.11 bits per heavy atom. The third-order valence-electron chi connectivity index (χ3n) is 5.23. The number of benzene rings is 2. The second-order valence-electron chi connectivity index (χ2n) is 7.33. The fourth-order valence-electron chi connectivity index (χ4n) is 3.78. The number of amides is 1. The topological polar surface area (TPSA) is 42.4 Å². The van der Waals surface area contributed by atoms with E-state index in [2.05, 4.69) is 30.1 Å². The van der Waals surface area contributed by atoms with Gasteiger partial charge >= 0.3 is 0 Å². The Bertz CT molecular complexity index is 968. The van der Waals surface area contributed by atoms with Crippen LogP contribution >= 0.6 is 0 Å². The average Bonchev–Trinajstić information content (AvgIpc) is 2.72. The fraction of sp³-hybridized carbons (Fsp3) is 0.250. The van der Waals surface area contributed by atoms with Gasteiger partial charge < -0.3 is 9.64 Å². The Morgan fingerprint density at radius 2 is 1.89 bits per heavy atom. The lowest BCUT2D eigenvalue weighted by molar-refractivity contribution is -0.135. The highest BCUT2D eigenvalue weighted by Crippen LogP contribution is 2.35. The van der Waals surface area contributed by atoms with Crippen LogP contribution in [-0.2, 0) is 11.2 Å². The normalized spacial score (nSPS) is 15.8. The van der Waals surface area contributed by atoms with Crippen molar-refractivity contribution in [3.8, 4) is 5.75 Å². The molecule has 4 nitrogen and oxygen atoms in total. The molecule has 0 spiro atoms. The van der Waals surface area contributed by atoms with Gasteiger partial charge in [-0.3, -0.25) is 9.78 Å². The van der Waals surface area contributed by atoms with Crippen molar-refractivity contribution in [2.75, 3.05) is 13.2 Å². The van der Waals surface area contributed by atoms with E-state index < -0.39 is 0 Å². The number of fused-ring (bicyclic) bond motifs is 1. The van der Waals surface area contributed by atoms with Gasteiger partial charge in [-0.05, 0) is 55.2 Å². The van der Waals surface area contributed by atoms with Crippen LogP contribution in [0.25, 0.3) is 0 Å². The number of aryl methyl sites for hydroxylation is 2. The van der Waals surface area contributed by atoms with Crippen LogP contribution in [0.1, 0.15) is 33.9 Å². The molecular weight excluding hydrogens is 348 g/mol. The van der Waals surface area contributed by atoms with Crippen molar-refractivity contribution < 1.29 is 9.53 Å². The first-order valence-electron chi connectivity index (χ1n) is 9.60. The lowest BCUT2D eigenvalue weighted by Crippen LogP contribution is -2.43. The van der Waals surface area contributed by atoms with Gasteiger partial charge in [-0.15, -0.1) is 0 Å². The van der Waals surface area contributed by atoms with Crippen LogP contribution < -0.4 is 4.74 Å². The van der Waals surface area contributed by atoms with Gasteiger partial charge in [0.1, 0.15) is 5.75 Å². The van der Waals surface area contributed by atoms with Crippen molar-refractivity contribution in [1.29, 1.82) is 0 Å². The van der Waals surface area contributed by atoms with E-state index >= 15 is 0 Å². The molecule has 4 rings (SSSR count). The van der Waals surface area contributed by atoms with Gasteiger partial charge in [-0.25, -0.2) is 0 Å². The number of carbonyl (C=O) groups excluding carboxylic acids is 1. The van der Waals surface area contributed by atoms with Crippen LogP contribution in [0.3, 0.4) is 0 Å². The molecule has 1 amide bonds. The number of hydrogen-bond acceptors (Lipinski definition) is 3. The molecule has 1 atom stereocenters. The van der Waals surface area contributed by atoms with Gasteiger partial charge in [-0.2, -0.15) is 0 Å². The molecular formula is C24H24N2O2. The summed E-state index contributed by atoms with van der Waals surface area (Å²) in [6.45, 7) is 4.83. The summed E-state index contributed by atoms with van der Waals surface area (Å²) in [5.41, 5.74) is 5.91. The Balaban J connectivity index is 1.60. The van der Waals surface area contributed by atoms with E-state index in [0.29, 0.717) is 12.3 Å². The second-order valence-corrected chi connectivity index (χ2v) is 7.33. The van der Waals surface area contributed by atoms with Crippen molar-refractivity contribution in [2.45, 2.75) is 26.3 Å². The first kappa shape index (κ1) is 18.2. The number of pyridine rings is 1. The molecule has 1 unspecified atom stereocenters. The molecule has 0 radical (unpaired) electrons. The molecule has 0 bridgehead atoms. The Labute approximate surface area is 165 Å². The van der Waals surface area contributed by atoms with E-state index in [1.54, 1.807) is 6.20 Å². The van der Waals surface area contributed by atoms with Crippen LogP contribution in [0.15, 0.2) is 67.0 Å². The molecule has 4 heteroatoms. The van der Waals surface area contributed by atoms with Crippen LogP contribution in [0.2, 0.25) is 0 Å². The van der Waals surface area contributed by atoms with Crippen molar-refractivity contribution in [3.05, 3.63) is 94.8 Å². The van der Waals surface area contributed by atoms with Crippen LogP contribution in [0.5, 0.6) is 5.75 Å². The predicted molar refractivity (Wildman–Crippen MR) is 109 cm³/mol. The minimum absolute atomic E-state index is 0.0133. The molecule has 142 valence electrons. The highest BCUT2D eigenvalue weighted by atomic mass is 16.5. The molecule has 28 heavy (non-hydrogen) atoms. The van der Waals surface area contributed by atoms with Gasteiger partial charge in [0.25, 0.3) is 5.91 Å². The first-order valence-corrected chi connectivity index (χ1v) is 9.60. The molecule has 0 saturated carbocycles. The van der Waals surface area contributed by atoms with Gasteiger partial charge in [0.05, 0.1) is 6.04 Å². The summed E-state index contributed by atoms with van der Waals surface area (Å²) in [7, 11) is 0. The van der Waals surface area contributed by atoms with Crippen molar-refractivity contribution in [3.63, 3.8) is 0 Å². The number of ether oxygens (including phenoxy) is 1. The van der Waals surface area contributed by atoms with Crippen molar-refractivity contribution in [2.24, 2.45) is 0 Å². The number of hydrogen-bond donors (Lipinski definition) is 0. The number of rotatable bonds is 4. The first-order chi connectivity index (χ1) is 13.6. The maximum Gasteiger partial charge on any atom is 0.261 e. The number of aromatic nitrogens is 1. The molecule has 1 aliphatic heterocycles. The molecule has 0 N–H and O–H groups in total. The summed E-state index contributed by atoms with van der Waals surface area (Å²) >= 11 is 0. The maximum atomic E-state index is 13.1. The lowest BCUT2D eigenvalue weighted by Gasteiger charge is -2.37. The Hall–Kier alpha value is -3.14. The third-order valence-corrected chi connectivity index (χ3v) is 5.23. The summed E-state index contributed by atoms with van der Waals surface area (Å²) in [6, 6.07) is 18.1. The summed E-state index contributed by atoms with van der Waals surface area (Å²) in [5, 5.41) is 0. The minimum atomic E-state index is -0.132. The molecule has 2 aromatic carbocycles. The molecule has 2 heterocycles. The molecule has 3 aromatic rings. The van der Waals surface area contributed by atoms with E-state index in [4.69, 9.17) is 4.74 Å². The van der Waals surface area contributed by atoms with Gasteiger partial charge in [0, 0.05) is 18.9 Å². The lowest BCUT2D eigenvalue weighted by atomic mass is 9.88. The monoisotopic (exact) mass is 372 g/mol. The van der Waals surface area contributed by atoms with E-state index in [9.17, 15) is 4.79 Å². The van der Waals surface area contributed by atoms with Crippen LogP contribution in [0, 0.1) is 13.8 Å². The Morgan fingerprint density at radius 3 is 2.64 bits per heavy atom. The van der Waals surface area contributed by atoms with E-state index in [-0.39, 0.29) is 18.6 Å². The SMILES string of the molecule is Cc1ccc(OCC(=O)N2CCc3cc(C)ccc3C2c2cccnc2)cc1. The minimum Gasteiger partial charge on any atom is -0.484 e. The van der Waals surface area contributed by atoms with Gasteiger partial charge in [0.15, 0.2) is 6.61 Å². The van der Waals surface area contributed by atoms with Crippen LogP contribution in [-0.4, -0.2) is 28.9 Å². The van der Waals surface area contributed by atoms with Crippen molar-refractivity contribution >= 4 is 5.91 Å². The van der Waals surface area contributed by atoms with E-state index in [0.717, 1.165) is 12.0 Å². The second kappa shape index (κ2) is 7.85. The molecule has 0 saturated heterocycles. The van der Waals surface area contributed by atoms with Crippen LogP contribution in [0.4, 0.5) is 0 Å². The maximum absolute atomic E-state index is 13.1. The summed E-state index contributed by atoms with van der Waals surface area (Å²) < 4.78 is 5.76. The zero-order valence-electron chi connectivity index (χ0n) is 16.3. The van der Waals surface area contributed by atoms with E-state index in [1.807, 2.05) is 54.4 Å². The van der Waals surface area contributed by atoms with Gasteiger partial charge in [-0.1, -0.05) is 47.5 Å². The molecule has 1 aromatic heterocycles. The van der Waals surface area contributed by atoms with Crippen molar-refractivity contribution in [1.82, 2.24) is 9.88 Å². The summed E-state index contributed by atoms with van der Waals surface area (Å²) in [5.74, 6) is 0.700. The standard InChI is InChI=1S/C24H24N2O2/c1-17-5-8-21(9-6-17)28-16-23(27)26-13-11-19-14-18(2)7-10-22(19)24(26)20-4-3-12-25-15-20/h3-10,12,14-15,24H,11,13,16H2,1-2H3. The van der Waals surface area contributed by atoms with Gasteiger partial charge in [0.2, 0.25) is 0 Å². The highest BCUT2D eigenvalue weighted by Gasteiger charge is 2.32. The third kappa shape index (κ3) is 3.77. The number of carbonyl (C=O) groups is 1. The Kier molecular flexibility index (Phi) is 5.11. The molecule has 0 aliphatic carbocycles. The predicted octanol–water partition coefficient (Wildman–Crippen LogP) is 4.25. The summed E-state index contributed by atoms with van der Waals surface area (Å²) in [6.07, 6.45) is 4.46. The van der Waals surface area contributed by atoms with E-state index in [1.165, 1.54) is 22.3 Å². The average molecular weight is 372 g/mol. The quantitative estimate of drug-likeness (QED) is 0.687. The molecule has 0 fully saturated rings. The zero-order valence-corrected chi connectivity index (χ0v) is 16.3. The zero-order chi connectivity index (χ0) is 19.5. The smallest absolute Gasteiger partial charge is 0.261 e. The fourth-order valence-corrected chi connectivity index (χ4v) is 3.78. The highest BCUT2D eigenvalue weighted by molar-refractivity contribution is 5.79. The summed E-state index contributed by atoms with van der Waals surface area (Å²) in [4.78, 5) is 19.3.